The Morgan fingerprint density at radius 1 is 0.892 bits per heavy atom. The van der Waals surface area contributed by atoms with Crippen molar-refractivity contribution in [3.05, 3.63) is 100 Å². The molecule has 0 fully saturated rings. The van der Waals surface area contributed by atoms with Gasteiger partial charge in [-0.2, -0.15) is 0 Å². The Morgan fingerprint density at radius 2 is 1.54 bits per heavy atom. The molecule has 3 aromatic rings. The van der Waals surface area contributed by atoms with E-state index in [0.717, 1.165) is 22.6 Å². The van der Waals surface area contributed by atoms with E-state index < -0.39 is 17.8 Å². The first kappa shape index (κ1) is 25.7. The maximum Gasteiger partial charge on any atom is 0.337 e. The van der Waals surface area contributed by atoms with Crippen molar-refractivity contribution in [1.29, 1.82) is 0 Å². The molecule has 3 aromatic carbocycles. The topological polar surface area (TPSA) is 105 Å². The average molecular weight is 518 g/mol. The molecule has 8 nitrogen and oxygen atoms in total. The third-order valence-electron chi connectivity index (χ3n) is 5.79. The average Bonchev–Trinajstić information content (AvgIpc) is 3.12. The maximum absolute atomic E-state index is 13.0. The number of halogens is 1. The van der Waals surface area contributed by atoms with E-state index in [1.165, 1.54) is 36.9 Å². The van der Waals surface area contributed by atoms with Crippen LogP contribution in [0.2, 0.25) is 0 Å². The molecule has 0 atom stereocenters. The summed E-state index contributed by atoms with van der Waals surface area (Å²) in [6.07, 6.45) is 1.10. The fraction of sp³-hybridized carbons (Fsp3) is 0.143. The minimum Gasteiger partial charge on any atom is -0.465 e. The van der Waals surface area contributed by atoms with Crippen molar-refractivity contribution < 1.29 is 23.9 Å². The highest BCUT2D eigenvalue weighted by Gasteiger charge is 2.39. The number of hydrogen-bond acceptors (Lipinski definition) is 6. The zero-order chi connectivity index (χ0) is 26.5. The number of amides is 3. The molecule has 1 aliphatic heterocycles. The minimum atomic E-state index is -0.712. The van der Waals surface area contributed by atoms with E-state index in [4.69, 9.17) is 16.3 Å². The summed E-state index contributed by atoms with van der Waals surface area (Å²) in [4.78, 5) is 50.9. The minimum absolute atomic E-state index is 0.0869. The number of anilines is 3. The smallest absolute Gasteiger partial charge is 0.337 e. The number of ether oxygens (including phenoxy) is 1. The van der Waals surface area contributed by atoms with Crippen LogP contribution in [0.3, 0.4) is 0 Å². The third-order valence-corrected chi connectivity index (χ3v) is 6.14. The lowest BCUT2D eigenvalue weighted by Crippen LogP contribution is -2.32. The molecule has 0 spiro atoms. The summed E-state index contributed by atoms with van der Waals surface area (Å²) in [5.41, 5.74) is 3.50. The summed E-state index contributed by atoms with van der Waals surface area (Å²) >= 11 is 6.20. The first-order chi connectivity index (χ1) is 17.8. The van der Waals surface area contributed by atoms with E-state index in [1.807, 2.05) is 24.3 Å². The van der Waals surface area contributed by atoms with Crippen LogP contribution in [0.4, 0.5) is 17.1 Å². The summed E-state index contributed by atoms with van der Waals surface area (Å²) in [5.74, 6) is -2.12. The van der Waals surface area contributed by atoms with Gasteiger partial charge in [0.15, 0.2) is 0 Å². The number of nitrogens with one attached hydrogen (secondary N) is 2. The first-order valence-electron chi connectivity index (χ1n) is 11.5. The van der Waals surface area contributed by atoms with Gasteiger partial charge < -0.3 is 15.4 Å². The monoisotopic (exact) mass is 517 g/mol. The largest absolute Gasteiger partial charge is 0.465 e. The molecule has 188 valence electrons. The quantitative estimate of drug-likeness (QED) is 0.333. The molecule has 0 unspecified atom stereocenters. The number of nitrogens with zero attached hydrogens (tertiary/aromatic N) is 1. The summed E-state index contributed by atoms with van der Waals surface area (Å²) in [6, 6.07) is 20.5. The fourth-order valence-corrected chi connectivity index (χ4v) is 4.01. The van der Waals surface area contributed by atoms with Gasteiger partial charge in [-0.15, -0.1) is 0 Å². The molecule has 4 rings (SSSR count). The predicted octanol–water partition coefficient (Wildman–Crippen LogP) is 4.65. The number of carbonyl (C=O) groups excluding carboxylic acids is 4. The molecule has 0 saturated heterocycles. The molecule has 3 amide bonds. The van der Waals surface area contributed by atoms with Crippen LogP contribution < -0.4 is 15.5 Å². The zero-order valence-corrected chi connectivity index (χ0v) is 21.0. The van der Waals surface area contributed by atoms with Crippen molar-refractivity contribution in [2.75, 3.05) is 22.6 Å². The molecule has 37 heavy (non-hydrogen) atoms. The SMILES string of the molecule is CCc1ccc(NC(=O)Cc2ccc(NC3=C(Cl)C(=O)N(c4cccc(C(=O)OC)c4)C3=O)cc2)cc1. The molecule has 0 aromatic heterocycles. The Bertz CT molecular complexity index is 1400. The van der Waals surface area contributed by atoms with Crippen molar-refractivity contribution in [3.8, 4) is 0 Å². The van der Waals surface area contributed by atoms with Crippen molar-refractivity contribution in [2.45, 2.75) is 19.8 Å². The van der Waals surface area contributed by atoms with Gasteiger partial charge in [0.25, 0.3) is 11.8 Å². The molecule has 0 radical (unpaired) electrons. The van der Waals surface area contributed by atoms with Gasteiger partial charge in [-0.05, 0) is 60.0 Å². The highest BCUT2D eigenvalue weighted by Crippen LogP contribution is 2.30. The number of carbonyl (C=O) groups is 4. The standard InChI is InChI=1S/C28H24ClN3O5/c1-3-17-7-11-20(12-8-17)30-23(33)15-18-9-13-21(14-10-18)31-25-24(29)26(34)32(27(25)35)22-6-4-5-19(16-22)28(36)37-2/h4-14,16,31H,3,15H2,1-2H3,(H,30,33). The zero-order valence-electron chi connectivity index (χ0n) is 20.2. The highest BCUT2D eigenvalue weighted by atomic mass is 35.5. The van der Waals surface area contributed by atoms with Crippen LogP contribution in [-0.4, -0.2) is 30.8 Å². The van der Waals surface area contributed by atoms with Gasteiger partial charge >= 0.3 is 5.97 Å². The fourth-order valence-electron chi connectivity index (χ4n) is 3.80. The molecule has 0 aliphatic carbocycles. The summed E-state index contributed by atoms with van der Waals surface area (Å²) in [5, 5.41) is 5.49. The van der Waals surface area contributed by atoms with Crippen molar-refractivity contribution in [3.63, 3.8) is 0 Å². The van der Waals surface area contributed by atoms with E-state index >= 15 is 0 Å². The second-order valence-corrected chi connectivity index (χ2v) is 8.65. The maximum atomic E-state index is 13.0. The van der Waals surface area contributed by atoms with E-state index in [9.17, 15) is 19.2 Å². The van der Waals surface area contributed by atoms with Crippen LogP contribution in [0.5, 0.6) is 0 Å². The Kier molecular flexibility index (Phi) is 7.69. The van der Waals surface area contributed by atoms with E-state index in [2.05, 4.69) is 17.6 Å². The Morgan fingerprint density at radius 3 is 2.19 bits per heavy atom. The van der Waals surface area contributed by atoms with Crippen LogP contribution in [0.1, 0.15) is 28.4 Å². The van der Waals surface area contributed by atoms with Crippen LogP contribution in [0.15, 0.2) is 83.5 Å². The lowest BCUT2D eigenvalue weighted by molar-refractivity contribution is -0.120. The van der Waals surface area contributed by atoms with E-state index in [0.29, 0.717) is 5.69 Å². The third kappa shape index (κ3) is 5.70. The number of hydrogen-bond donors (Lipinski definition) is 2. The summed E-state index contributed by atoms with van der Waals surface area (Å²) in [7, 11) is 1.24. The Balaban J connectivity index is 1.42. The number of methoxy groups -OCH3 is 1. The lowest BCUT2D eigenvalue weighted by atomic mass is 10.1. The van der Waals surface area contributed by atoms with Gasteiger partial charge in [-0.25, -0.2) is 9.69 Å². The van der Waals surface area contributed by atoms with E-state index in [-0.39, 0.29) is 34.3 Å². The van der Waals surface area contributed by atoms with Crippen molar-refractivity contribution >= 4 is 52.4 Å². The van der Waals surface area contributed by atoms with Gasteiger partial charge in [0.05, 0.1) is 24.8 Å². The van der Waals surface area contributed by atoms with Gasteiger partial charge in [0.2, 0.25) is 5.91 Å². The predicted molar refractivity (Wildman–Crippen MR) is 141 cm³/mol. The van der Waals surface area contributed by atoms with Crippen molar-refractivity contribution in [1.82, 2.24) is 0 Å². The number of imide groups is 1. The van der Waals surface area contributed by atoms with Crippen LogP contribution >= 0.6 is 11.6 Å². The summed E-state index contributed by atoms with van der Waals surface area (Å²) in [6.45, 7) is 2.07. The number of benzene rings is 3. The first-order valence-corrected chi connectivity index (χ1v) is 11.9. The second kappa shape index (κ2) is 11.1. The van der Waals surface area contributed by atoms with Crippen LogP contribution in [-0.2, 0) is 32.0 Å². The molecule has 1 aliphatic rings. The molecule has 2 N–H and O–H groups in total. The molecular formula is C28H24ClN3O5. The van der Waals surface area contributed by atoms with Gasteiger partial charge in [0.1, 0.15) is 10.7 Å². The van der Waals surface area contributed by atoms with Crippen LogP contribution in [0.25, 0.3) is 0 Å². The Hall–Kier alpha value is -4.43. The molecule has 0 saturated carbocycles. The number of esters is 1. The second-order valence-electron chi connectivity index (χ2n) is 8.27. The Labute approximate surface area is 218 Å². The van der Waals surface area contributed by atoms with Crippen molar-refractivity contribution in [2.24, 2.45) is 0 Å². The molecule has 0 bridgehead atoms. The summed E-state index contributed by atoms with van der Waals surface area (Å²) < 4.78 is 4.70. The molecule has 9 heteroatoms. The number of aryl methyl sites for hydroxylation is 1. The molecule has 1 heterocycles. The van der Waals surface area contributed by atoms with Gasteiger partial charge in [-0.3, -0.25) is 14.4 Å². The normalized spacial score (nSPS) is 13.1. The number of rotatable bonds is 8. The van der Waals surface area contributed by atoms with Gasteiger partial charge in [-0.1, -0.05) is 48.9 Å². The lowest BCUT2D eigenvalue weighted by Gasteiger charge is -2.16. The van der Waals surface area contributed by atoms with Crippen LogP contribution in [0, 0.1) is 0 Å². The molecular weight excluding hydrogens is 494 g/mol. The van der Waals surface area contributed by atoms with Gasteiger partial charge in [0, 0.05) is 11.4 Å². The van der Waals surface area contributed by atoms with E-state index in [1.54, 1.807) is 24.3 Å². The highest BCUT2D eigenvalue weighted by molar-refractivity contribution is 6.53.